The summed E-state index contributed by atoms with van der Waals surface area (Å²) in [5.74, 6) is 1.52. The van der Waals surface area contributed by atoms with Gasteiger partial charge < -0.3 is 9.40 Å². The van der Waals surface area contributed by atoms with Crippen molar-refractivity contribution in [1.29, 1.82) is 0 Å². The number of aromatic amines is 1. The number of benzene rings is 1. The summed E-state index contributed by atoms with van der Waals surface area (Å²) in [5, 5.41) is 4.19. The number of aryl methyl sites for hydroxylation is 2. The second-order valence-electron chi connectivity index (χ2n) is 7.06. The van der Waals surface area contributed by atoms with Gasteiger partial charge in [0.2, 0.25) is 0 Å². The quantitative estimate of drug-likeness (QED) is 0.501. The largest absolute Gasteiger partial charge is 0.468 e. The Morgan fingerprint density at radius 2 is 2.07 bits per heavy atom. The maximum Gasteiger partial charge on any atom is 0.251 e. The molecular weight excluding hydrogens is 366 g/mol. The van der Waals surface area contributed by atoms with E-state index in [1.807, 2.05) is 48.3 Å². The maximum absolute atomic E-state index is 12.1. The highest BCUT2D eigenvalue weighted by atomic mass is 16.3. The molecule has 0 spiro atoms. The third kappa shape index (κ3) is 5.08. The van der Waals surface area contributed by atoms with Crippen LogP contribution < -0.4 is 5.56 Å². The Kier molecular flexibility index (Phi) is 5.67. The van der Waals surface area contributed by atoms with E-state index in [1.165, 1.54) is 0 Å². The molecule has 4 rings (SSSR count). The molecule has 0 aliphatic rings. The van der Waals surface area contributed by atoms with Crippen molar-refractivity contribution >= 4 is 0 Å². The summed E-state index contributed by atoms with van der Waals surface area (Å²) in [4.78, 5) is 21.8. The molecule has 0 bridgehead atoms. The minimum Gasteiger partial charge on any atom is -0.468 e. The van der Waals surface area contributed by atoms with E-state index in [-0.39, 0.29) is 5.56 Å². The number of H-pyrrole nitrogens is 1. The van der Waals surface area contributed by atoms with E-state index < -0.39 is 0 Å². The molecule has 0 aliphatic carbocycles. The van der Waals surface area contributed by atoms with Crippen LogP contribution in [0.15, 0.2) is 76.4 Å². The van der Waals surface area contributed by atoms with Gasteiger partial charge in [0.1, 0.15) is 11.6 Å². The molecule has 1 aromatic carbocycles. The zero-order valence-electron chi connectivity index (χ0n) is 16.3. The third-order valence-corrected chi connectivity index (χ3v) is 4.61. The number of rotatable bonds is 8. The van der Waals surface area contributed by atoms with E-state index in [4.69, 9.17) is 4.42 Å². The standard InChI is InChI=1S/C22H23N5O2/c1-26(16-20-7-3-12-29-20)15-17-5-2-6-18(13-17)22-24-19(14-21(28)25-22)8-11-27-10-4-9-23-27/h2-7,9-10,12-14H,8,11,15-16H2,1H3,(H,24,25,28). The van der Waals surface area contributed by atoms with E-state index in [0.717, 1.165) is 35.7 Å². The van der Waals surface area contributed by atoms with Crippen LogP contribution in [0, 0.1) is 0 Å². The van der Waals surface area contributed by atoms with Gasteiger partial charge in [-0.25, -0.2) is 4.98 Å². The first-order valence-corrected chi connectivity index (χ1v) is 9.53. The Morgan fingerprint density at radius 3 is 2.86 bits per heavy atom. The van der Waals surface area contributed by atoms with Gasteiger partial charge in [0.25, 0.3) is 5.56 Å². The smallest absolute Gasteiger partial charge is 0.251 e. The second-order valence-corrected chi connectivity index (χ2v) is 7.06. The predicted octanol–water partition coefficient (Wildman–Crippen LogP) is 3.10. The van der Waals surface area contributed by atoms with Gasteiger partial charge >= 0.3 is 0 Å². The Labute approximate surface area is 168 Å². The van der Waals surface area contributed by atoms with Crippen LogP contribution >= 0.6 is 0 Å². The summed E-state index contributed by atoms with van der Waals surface area (Å²) in [6.07, 6.45) is 5.97. The van der Waals surface area contributed by atoms with Crippen molar-refractivity contribution in [3.63, 3.8) is 0 Å². The van der Waals surface area contributed by atoms with Gasteiger partial charge in [-0.1, -0.05) is 18.2 Å². The van der Waals surface area contributed by atoms with Crippen LogP contribution in [0.25, 0.3) is 11.4 Å². The van der Waals surface area contributed by atoms with Crippen molar-refractivity contribution < 1.29 is 4.42 Å². The fourth-order valence-corrected chi connectivity index (χ4v) is 3.29. The highest BCUT2D eigenvalue weighted by Gasteiger charge is 2.08. The van der Waals surface area contributed by atoms with Crippen LogP contribution in [0.1, 0.15) is 17.0 Å². The molecule has 7 nitrogen and oxygen atoms in total. The average molecular weight is 389 g/mol. The molecule has 4 aromatic rings. The van der Waals surface area contributed by atoms with Crippen molar-refractivity contribution in [1.82, 2.24) is 24.6 Å². The lowest BCUT2D eigenvalue weighted by Gasteiger charge is -2.15. The van der Waals surface area contributed by atoms with E-state index in [2.05, 4.69) is 32.1 Å². The summed E-state index contributed by atoms with van der Waals surface area (Å²) in [6.45, 7) is 2.17. The minimum atomic E-state index is -0.147. The third-order valence-electron chi connectivity index (χ3n) is 4.61. The molecule has 1 N–H and O–H groups in total. The van der Waals surface area contributed by atoms with E-state index in [0.29, 0.717) is 18.8 Å². The van der Waals surface area contributed by atoms with E-state index in [9.17, 15) is 4.79 Å². The molecule has 0 radical (unpaired) electrons. The van der Waals surface area contributed by atoms with Gasteiger partial charge in [0, 0.05) is 43.5 Å². The molecule has 0 saturated heterocycles. The number of nitrogens with one attached hydrogen (secondary N) is 1. The van der Waals surface area contributed by atoms with Gasteiger partial charge in [0.05, 0.1) is 18.5 Å². The van der Waals surface area contributed by atoms with Gasteiger partial charge in [-0.3, -0.25) is 14.4 Å². The Balaban J connectivity index is 1.49. The van der Waals surface area contributed by atoms with Crippen LogP contribution in [0.5, 0.6) is 0 Å². The molecular formula is C22H23N5O2. The Morgan fingerprint density at radius 1 is 1.14 bits per heavy atom. The molecule has 0 fully saturated rings. The fraction of sp³-hybridized carbons (Fsp3) is 0.227. The SMILES string of the molecule is CN(Cc1cccc(-c2nc(CCn3cccn3)cc(=O)[nH]2)c1)Cc1ccco1. The van der Waals surface area contributed by atoms with Crippen molar-refractivity contribution in [2.45, 2.75) is 26.1 Å². The molecule has 3 heterocycles. The first kappa shape index (κ1) is 18.9. The monoisotopic (exact) mass is 389 g/mol. The first-order valence-electron chi connectivity index (χ1n) is 9.53. The molecule has 0 unspecified atom stereocenters. The summed E-state index contributed by atoms with van der Waals surface area (Å²) in [6, 6.07) is 15.4. The lowest BCUT2D eigenvalue weighted by molar-refractivity contribution is 0.288. The molecule has 29 heavy (non-hydrogen) atoms. The van der Waals surface area contributed by atoms with Gasteiger partial charge in [-0.15, -0.1) is 0 Å². The number of nitrogens with zero attached hydrogens (tertiary/aromatic N) is 4. The molecule has 148 valence electrons. The van der Waals surface area contributed by atoms with Crippen molar-refractivity contribution in [3.05, 3.63) is 94.6 Å². The zero-order valence-corrected chi connectivity index (χ0v) is 16.3. The van der Waals surface area contributed by atoms with Crippen LogP contribution in [-0.2, 0) is 26.1 Å². The Hall–Kier alpha value is -3.45. The molecule has 7 heteroatoms. The van der Waals surface area contributed by atoms with Gasteiger partial charge in [-0.2, -0.15) is 5.10 Å². The fourth-order valence-electron chi connectivity index (χ4n) is 3.29. The van der Waals surface area contributed by atoms with Crippen molar-refractivity contribution in [3.8, 4) is 11.4 Å². The second kappa shape index (κ2) is 8.70. The maximum atomic E-state index is 12.1. The molecule has 3 aromatic heterocycles. The lowest BCUT2D eigenvalue weighted by Crippen LogP contribution is -2.17. The number of hydrogen-bond donors (Lipinski definition) is 1. The van der Waals surface area contributed by atoms with Crippen LogP contribution in [0.2, 0.25) is 0 Å². The molecule has 0 atom stereocenters. The normalized spacial score (nSPS) is 11.2. The number of furan rings is 1. The van der Waals surface area contributed by atoms with E-state index in [1.54, 1.807) is 18.5 Å². The summed E-state index contributed by atoms with van der Waals surface area (Å²) in [5.41, 5.74) is 2.64. The molecule has 0 aliphatic heterocycles. The van der Waals surface area contributed by atoms with Crippen LogP contribution in [0.4, 0.5) is 0 Å². The average Bonchev–Trinajstić information content (AvgIpc) is 3.40. The van der Waals surface area contributed by atoms with Crippen LogP contribution in [-0.4, -0.2) is 31.7 Å². The van der Waals surface area contributed by atoms with Gasteiger partial charge in [0.15, 0.2) is 0 Å². The minimum absolute atomic E-state index is 0.147. The van der Waals surface area contributed by atoms with Crippen molar-refractivity contribution in [2.24, 2.45) is 0 Å². The molecule has 0 saturated carbocycles. The highest BCUT2D eigenvalue weighted by molar-refractivity contribution is 5.56. The van der Waals surface area contributed by atoms with Crippen molar-refractivity contribution in [2.75, 3.05) is 7.05 Å². The first-order chi connectivity index (χ1) is 14.2. The number of aromatic nitrogens is 4. The summed E-state index contributed by atoms with van der Waals surface area (Å²) in [7, 11) is 2.05. The lowest BCUT2D eigenvalue weighted by atomic mass is 10.1. The number of hydrogen-bond acceptors (Lipinski definition) is 5. The topological polar surface area (TPSA) is 80.0 Å². The summed E-state index contributed by atoms with van der Waals surface area (Å²) < 4.78 is 7.24. The van der Waals surface area contributed by atoms with E-state index >= 15 is 0 Å². The van der Waals surface area contributed by atoms with Crippen LogP contribution in [0.3, 0.4) is 0 Å². The predicted molar refractivity (Wildman–Crippen MR) is 110 cm³/mol. The summed E-state index contributed by atoms with van der Waals surface area (Å²) >= 11 is 0. The molecule has 0 amide bonds. The van der Waals surface area contributed by atoms with Gasteiger partial charge in [-0.05, 0) is 36.9 Å². The Bertz CT molecular complexity index is 1100. The highest BCUT2D eigenvalue weighted by Crippen LogP contribution is 2.17. The zero-order chi connectivity index (χ0) is 20.1.